The Morgan fingerprint density at radius 2 is 1.40 bits per heavy atom. The van der Waals surface area contributed by atoms with Crippen molar-refractivity contribution in [3.8, 4) is 0 Å². The third-order valence-corrected chi connectivity index (χ3v) is 0. The SMILES string of the molecule is O=C(F)F.[Mo]. The number of halogens is 2. The van der Waals surface area contributed by atoms with Crippen molar-refractivity contribution in [1.29, 1.82) is 0 Å². The first-order valence-corrected chi connectivity index (χ1v) is 0.582. The third-order valence-electron chi connectivity index (χ3n) is 0. The Morgan fingerprint density at radius 3 is 1.40 bits per heavy atom. The molecule has 0 aliphatic rings. The van der Waals surface area contributed by atoms with Gasteiger partial charge in [-0.05, 0) is 0 Å². The third kappa shape index (κ3) is 436. The fourth-order valence-electron chi connectivity index (χ4n) is 0. The molecule has 0 bridgehead atoms. The first-order valence-electron chi connectivity index (χ1n) is 0.582. The van der Waals surface area contributed by atoms with Gasteiger partial charge in [0.05, 0.1) is 0 Å². The normalized spacial score (nSPS) is 5.20. The van der Waals surface area contributed by atoms with Crippen LogP contribution in [0.25, 0.3) is 0 Å². The number of hydrogen-bond donors (Lipinski definition) is 0. The van der Waals surface area contributed by atoms with Crippen molar-refractivity contribution in [2.45, 2.75) is 0 Å². The molecular weight excluding hydrogens is 162 g/mol. The molecule has 0 spiro atoms. The molecule has 0 N–H and O–H groups in total. The van der Waals surface area contributed by atoms with Crippen LogP contribution in [0.15, 0.2) is 0 Å². The molecule has 0 atom stereocenters. The Bertz CT molecular complexity index is 32.6. The fraction of sp³-hybridized carbons (Fsp3) is 0. The topological polar surface area (TPSA) is 17.1 Å². The van der Waals surface area contributed by atoms with E-state index in [9.17, 15) is 8.78 Å². The van der Waals surface area contributed by atoms with E-state index in [2.05, 4.69) is 0 Å². The van der Waals surface area contributed by atoms with Crippen molar-refractivity contribution in [2.75, 3.05) is 0 Å². The number of rotatable bonds is 0. The van der Waals surface area contributed by atoms with E-state index in [1.165, 1.54) is 0 Å². The van der Waals surface area contributed by atoms with Crippen LogP contribution in [-0.4, -0.2) is 6.29 Å². The van der Waals surface area contributed by atoms with Crippen molar-refractivity contribution < 1.29 is 34.6 Å². The fourth-order valence-corrected chi connectivity index (χ4v) is 0. The number of hydrogen-bond acceptors (Lipinski definition) is 1. The Morgan fingerprint density at radius 1 is 1.40 bits per heavy atom. The summed E-state index contributed by atoms with van der Waals surface area (Å²) in [6.07, 6.45) is -2.83. The molecule has 0 aromatic rings. The monoisotopic (exact) mass is 164 g/mol. The van der Waals surface area contributed by atoms with E-state index in [-0.39, 0.29) is 21.1 Å². The van der Waals surface area contributed by atoms with Crippen molar-refractivity contribution >= 4 is 6.29 Å². The average molecular weight is 162 g/mol. The van der Waals surface area contributed by atoms with Gasteiger partial charge in [0.25, 0.3) is 0 Å². The van der Waals surface area contributed by atoms with E-state index in [4.69, 9.17) is 4.79 Å². The van der Waals surface area contributed by atoms with Gasteiger partial charge < -0.3 is 0 Å². The van der Waals surface area contributed by atoms with Crippen LogP contribution in [0.1, 0.15) is 0 Å². The Balaban J connectivity index is 0. The summed E-state index contributed by atoms with van der Waals surface area (Å²) in [6.45, 7) is 0. The molecule has 0 fully saturated rings. The van der Waals surface area contributed by atoms with Gasteiger partial charge in [0.2, 0.25) is 0 Å². The maximum absolute atomic E-state index is 9.69. The van der Waals surface area contributed by atoms with Crippen molar-refractivity contribution in [3.63, 3.8) is 0 Å². The van der Waals surface area contributed by atoms with Gasteiger partial charge in [-0.15, -0.1) is 8.78 Å². The standard InChI is InChI=1S/CF2O.Mo/c2-1(3)4;. The maximum atomic E-state index is 9.69. The molecule has 0 heterocycles. The van der Waals surface area contributed by atoms with Crippen molar-refractivity contribution in [2.24, 2.45) is 0 Å². The van der Waals surface area contributed by atoms with Gasteiger partial charge in [0, 0.05) is 21.1 Å². The van der Waals surface area contributed by atoms with Gasteiger partial charge in [-0.25, -0.2) is 4.79 Å². The molecule has 0 saturated heterocycles. The largest absolute Gasteiger partial charge is 0.483 e. The zero-order valence-electron chi connectivity index (χ0n) is 2.07. The second kappa shape index (κ2) is 4.22. The van der Waals surface area contributed by atoms with E-state index in [1.54, 1.807) is 0 Å². The van der Waals surface area contributed by atoms with Crippen molar-refractivity contribution in [3.05, 3.63) is 0 Å². The molecule has 0 radical (unpaired) electrons. The Kier molecular flexibility index (Phi) is 7.56. The number of carbonyl (C=O) groups excluding carboxylic acids is 1. The molecule has 0 aromatic heterocycles. The first-order chi connectivity index (χ1) is 1.73. The van der Waals surface area contributed by atoms with E-state index >= 15 is 0 Å². The first kappa shape index (κ1) is 8.97. The second-order valence-corrected chi connectivity index (χ2v) is 0.226. The molecule has 0 unspecified atom stereocenters. The van der Waals surface area contributed by atoms with Gasteiger partial charge in [-0.2, -0.15) is 0 Å². The molecule has 5 heavy (non-hydrogen) atoms. The van der Waals surface area contributed by atoms with E-state index in [1.807, 2.05) is 0 Å². The van der Waals surface area contributed by atoms with Gasteiger partial charge in [-0.1, -0.05) is 0 Å². The number of carbonyl (C=O) groups is 1. The van der Waals surface area contributed by atoms with Gasteiger partial charge in [0.1, 0.15) is 0 Å². The molecule has 30 valence electrons. The summed E-state index contributed by atoms with van der Waals surface area (Å²) >= 11 is 0. The van der Waals surface area contributed by atoms with Crippen molar-refractivity contribution in [1.82, 2.24) is 0 Å². The van der Waals surface area contributed by atoms with E-state index < -0.39 is 6.29 Å². The summed E-state index contributed by atoms with van der Waals surface area (Å²) in [5.74, 6) is 0. The summed E-state index contributed by atoms with van der Waals surface area (Å²) in [7, 11) is 0. The summed E-state index contributed by atoms with van der Waals surface area (Å²) < 4.78 is 19.4. The zero-order valence-corrected chi connectivity index (χ0v) is 4.08. The summed E-state index contributed by atoms with van der Waals surface area (Å²) in [5, 5.41) is 0. The molecule has 0 rings (SSSR count). The van der Waals surface area contributed by atoms with Gasteiger partial charge in [0.15, 0.2) is 0 Å². The van der Waals surface area contributed by atoms with Crippen LogP contribution in [-0.2, 0) is 21.1 Å². The smallest absolute Gasteiger partial charge is 0.219 e. The molecule has 0 aliphatic carbocycles. The molecule has 1 nitrogen and oxygen atoms in total. The molecule has 4 heteroatoms. The Hall–Kier alpha value is 0.218. The van der Waals surface area contributed by atoms with E-state index in [0.29, 0.717) is 0 Å². The zero-order chi connectivity index (χ0) is 3.58. The predicted octanol–water partition coefficient (Wildman–Crippen LogP) is 1.04. The second-order valence-electron chi connectivity index (χ2n) is 0.226. The van der Waals surface area contributed by atoms with Crippen LogP contribution < -0.4 is 0 Å². The van der Waals surface area contributed by atoms with Crippen LogP contribution in [0.5, 0.6) is 0 Å². The minimum absolute atomic E-state index is 0. The quantitative estimate of drug-likeness (QED) is 0.384. The molecule has 0 aliphatic heterocycles. The van der Waals surface area contributed by atoms with Gasteiger partial charge in [-0.3, -0.25) is 0 Å². The van der Waals surface area contributed by atoms with Crippen LogP contribution in [0.3, 0.4) is 0 Å². The molecule has 0 saturated carbocycles. The Labute approximate surface area is 41.6 Å². The van der Waals surface area contributed by atoms with Crippen LogP contribution in [0.4, 0.5) is 13.6 Å². The van der Waals surface area contributed by atoms with Crippen LogP contribution in [0, 0.1) is 0 Å². The summed E-state index contributed by atoms with van der Waals surface area (Å²) in [6, 6.07) is 0. The minimum Gasteiger partial charge on any atom is -0.219 e. The molecular formula is CF2MoO. The van der Waals surface area contributed by atoms with Crippen LogP contribution in [0.2, 0.25) is 0 Å². The maximum Gasteiger partial charge on any atom is 0.483 e. The summed E-state index contributed by atoms with van der Waals surface area (Å²) in [5.41, 5.74) is 0. The summed E-state index contributed by atoms with van der Waals surface area (Å²) in [4.78, 5) is 8.11. The molecule has 0 amide bonds. The predicted molar refractivity (Wildman–Crippen MR) is 7.61 cm³/mol. The van der Waals surface area contributed by atoms with E-state index in [0.717, 1.165) is 0 Å². The minimum atomic E-state index is -2.83. The van der Waals surface area contributed by atoms with Crippen LogP contribution >= 0.6 is 0 Å². The average Bonchev–Trinajstić information content (AvgIpc) is 0.811. The molecule has 0 aromatic carbocycles. The van der Waals surface area contributed by atoms with Gasteiger partial charge >= 0.3 is 6.29 Å².